The van der Waals surface area contributed by atoms with Gasteiger partial charge < -0.3 is 9.84 Å². The summed E-state index contributed by atoms with van der Waals surface area (Å²) < 4.78 is 7.32. The molecule has 0 bridgehead atoms. The number of aryl methyl sites for hydroxylation is 1. The third kappa shape index (κ3) is 3.69. The van der Waals surface area contributed by atoms with Gasteiger partial charge in [0.1, 0.15) is 5.75 Å². The molecule has 0 radical (unpaired) electrons. The van der Waals surface area contributed by atoms with Crippen LogP contribution in [0.15, 0.2) is 73.1 Å². The first kappa shape index (κ1) is 18.4. The second-order valence-corrected chi connectivity index (χ2v) is 7.27. The summed E-state index contributed by atoms with van der Waals surface area (Å²) in [5.74, 6) is 0.361. The highest BCUT2D eigenvalue weighted by molar-refractivity contribution is 6.00. The number of benzene rings is 2. The third-order valence-electron chi connectivity index (χ3n) is 5.49. The van der Waals surface area contributed by atoms with Crippen molar-refractivity contribution in [2.75, 3.05) is 7.11 Å². The number of aliphatic hydroxyl groups excluding tert-OH is 1. The van der Waals surface area contributed by atoms with Crippen LogP contribution in [0.5, 0.6) is 5.75 Å². The quantitative estimate of drug-likeness (QED) is 0.696. The van der Waals surface area contributed by atoms with Gasteiger partial charge in [0.25, 0.3) is 0 Å². The summed E-state index contributed by atoms with van der Waals surface area (Å²) in [5.41, 5.74) is 3.70. The van der Waals surface area contributed by atoms with E-state index in [1.165, 1.54) is 5.56 Å². The SMILES string of the molecule is COc1ccc2c(c1)CCC(C(O)c1cc[n+](Cc3ccccc3)cc1)C2=O. The second kappa shape index (κ2) is 7.95. The molecule has 1 N–H and O–H groups in total. The topological polar surface area (TPSA) is 50.4 Å². The first-order valence-electron chi connectivity index (χ1n) is 9.58. The number of methoxy groups -OCH3 is 1. The summed E-state index contributed by atoms with van der Waals surface area (Å²) in [6, 6.07) is 19.6. The maximum Gasteiger partial charge on any atom is 0.173 e. The molecule has 4 nitrogen and oxygen atoms in total. The first-order chi connectivity index (χ1) is 13.7. The summed E-state index contributed by atoms with van der Waals surface area (Å²) in [7, 11) is 1.62. The predicted molar refractivity (Wildman–Crippen MR) is 106 cm³/mol. The van der Waals surface area contributed by atoms with Crippen LogP contribution in [-0.4, -0.2) is 18.0 Å². The minimum absolute atomic E-state index is 0.0115. The van der Waals surface area contributed by atoms with E-state index in [1.807, 2.05) is 54.9 Å². The average molecular weight is 374 g/mol. The standard InChI is InChI=1S/C24H24NO3/c1-28-20-8-10-21-19(15-20)7-9-22(24(21)27)23(26)18-11-13-25(14-12-18)16-17-5-3-2-4-6-17/h2-6,8,10-15,22-23,26H,7,9,16H2,1H3/q+1. The number of aromatic nitrogens is 1. The summed E-state index contributed by atoms with van der Waals surface area (Å²) in [6.45, 7) is 0.773. The van der Waals surface area contributed by atoms with Crippen molar-refractivity contribution in [1.82, 2.24) is 0 Å². The van der Waals surface area contributed by atoms with Gasteiger partial charge in [-0.05, 0) is 42.2 Å². The van der Waals surface area contributed by atoms with Gasteiger partial charge in [0.15, 0.2) is 24.7 Å². The fourth-order valence-corrected chi connectivity index (χ4v) is 3.89. The van der Waals surface area contributed by atoms with Crippen LogP contribution in [0.1, 0.15) is 39.6 Å². The number of fused-ring (bicyclic) bond motifs is 1. The molecule has 1 heterocycles. The van der Waals surface area contributed by atoms with E-state index in [4.69, 9.17) is 4.74 Å². The molecule has 1 aliphatic rings. The van der Waals surface area contributed by atoms with Crippen LogP contribution in [0.4, 0.5) is 0 Å². The Morgan fingerprint density at radius 2 is 1.86 bits per heavy atom. The Labute approximate surface area is 165 Å². The van der Waals surface area contributed by atoms with Gasteiger partial charge >= 0.3 is 0 Å². The largest absolute Gasteiger partial charge is 0.497 e. The van der Waals surface area contributed by atoms with E-state index in [0.717, 1.165) is 29.8 Å². The maximum atomic E-state index is 12.9. The summed E-state index contributed by atoms with van der Waals surface area (Å²) >= 11 is 0. The maximum absolute atomic E-state index is 12.9. The molecule has 0 aliphatic heterocycles. The molecule has 2 unspecified atom stereocenters. The van der Waals surface area contributed by atoms with E-state index in [-0.39, 0.29) is 5.78 Å². The van der Waals surface area contributed by atoms with Crippen molar-refractivity contribution in [1.29, 1.82) is 0 Å². The van der Waals surface area contributed by atoms with Gasteiger partial charge in [0.2, 0.25) is 0 Å². The molecule has 0 amide bonds. The number of ether oxygens (including phenoxy) is 1. The zero-order valence-electron chi connectivity index (χ0n) is 15.9. The molecule has 0 saturated heterocycles. The number of aliphatic hydroxyl groups is 1. The highest BCUT2D eigenvalue weighted by atomic mass is 16.5. The Morgan fingerprint density at radius 1 is 1.11 bits per heavy atom. The predicted octanol–water partition coefficient (Wildman–Crippen LogP) is 3.51. The van der Waals surface area contributed by atoms with Gasteiger partial charge in [-0.2, -0.15) is 0 Å². The molecule has 4 heteroatoms. The molecule has 1 aliphatic carbocycles. The van der Waals surface area contributed by atoms with Gasteiger partial charge in [0, 0.05) is 23.3 Å². The number of ketones is 1. The smallest absolute Gasteiger partial charge is 0.173 e. The lowest BCUT2D eigenvalue weighted by Crippen LogP contribution is -2.34. The lowest BCUT2D eigenvalue weighted by molar-refractivity contribution is -0.688. The Bertz CT molecular complexity index is 967. The zero-order valence-corrected chi connectivity index (χ0v) is 15.9. The highest BCUT2D eigenvalue weighted by Crippen LogP contribution is 2.35. The number of hydrogen-bond donors (Lipinski definition) is 1. The van der Waals surface area contributed by atoms with Crippen molar-refractivity contribution in [2.24, 2.45) is 5.92 Å². The molecule has 3 aromatic rings. The Hall–Kier alpha value is -2.98. The van der Waals surface area contributed by atoms with Crippen molar-refractivity contribution in [3.05, 3.63) is 95.3 Å². The van der Waals surface area contributed by atoms with Crippen LogP contribution in [0.3, 0.4) is 0 Å². The lowest BCUT2D eigenvalue weighted by Gasteiger charge is -2.27. The third-order valence-corrected chi connectivity index (χ3v) is 5.49. The number of carbonyl (C=O) groups is 1. The Morgan fingerprint density at radius 3 is 2.57 bits per heavy atom. The van der Waals surface area contributed by atoms with Crippen molar-refractivity contribution in [3.8, 4) is 5.75 Å². The van der Waals surface area contributed by atoms with Crippen LogP contribution in [0, 0.1) is 5.92 Å². The molecule has 2 atom stereocenters. The molecular weight excluding hydrogens is 350 g/mol. The Kier molecular flexibility index (Phi) is 5.22. The summed E-state index contributed by atoms with van der Waals surface area (Å²) in [5, 5.41) is 10.9. The molecular formula is C24H24NO3+. The molecule has 0 saturated carbocycles. The molecule has 142 valence electrons. The van der Waals surface area contributed by atoms with Crippen molar-refractivity contribution >= 4 is 5.78 Å². The van der Waals surface area contributed by atoms with E-state index in [0.29, 0.717) is 12.0 Å². The van der Waals surface area contributed by atoms with E-state index in [2.05, 4.69) is 16.7 Å². The number of nitrogens with zero attached hydrogens (tertiary/aromatic N) is 1. The minimum atomic E-state index is -0.797. The molecule has 28 heavy (non-hydrogen) atoms. The van der Waals surface area contributed by atoms with Crippen molar-refractivity contribution < 1.29 is 19.2 Å². The van der Waals surface area contributed by atoms with Crippen LogP contribution in [0.25, 0.3) is 0 Å². The van der Waals surface area contributed by atoms with Gasteiger partial charge in [-0.15, -0.1) is 0 Å². The number of Topliss-reactive ketones (excluding diaryl/α,β-unsaturated/α-hetero) is 1. The average Bonchev–Trinajstić information content (AvgIpc) is 2.74. The van der Waals surface area contributed by atoms with Gasteiger partial charge in [-0.3, -0.25) is 4.79 Å². The lowest BCUT2D eigenvalue weighted by atomic mass is 9.78. The number of pyridine rings is 1. The van der Waals surface area contributed by atoms with E-state index in [9.17, 15) is 9.90 Å². The minimum Gasteiger partial charge on any atom is -0.497 e. The van der Waals surface area contributed by atoms with Gasteiger partial charge in [0.05, 0.1) is 19.1 Å². The fourth-order valence-electron chi connectivity index (χ4n) is 3.89. The monoisotopic (exact) mass is 374 g/mol. The van der Waals surface area contributed by atoms with E-state index in [1.54, 1.807) is 13.2 Å². The number of carbonyl (C=O) groups excluding carboxylic acids is 1. The normalized spacial score (nSPS) is 17.1. The Balaban J connectivity index is 1.49. The van der Waals surface area contributed by atoms with E-state index < -0.39 is 12.0 Å². The highest BCUT2D eigenvalue weighted by Gasteiger charge is 2.33. The molecule has 1 aromatic heterocycles. The molecule has 0 fully saturated rings. The van der Waals surface area contributed by atoms with E-state index >= 15 is 0 Å². The fraction of sp³-hybridized carbons (Fsp3) is 0.250. The number of hydrogen-bond acceptors (Lipinski definition) is 3. The first-order valence-corrected chi connectivity index (χ1v) is 9.58. The number of rotatable bonds is 5. The van der Waals surface area contributed by atoms with Gasteiger partial charge in [-0.1, -0.05) is 30.3 Å². The van der Waals surface area contributed by atoms with Crippen LogP contribution < -0.4 is 9.30 Å². The molecule has 2 aromatic carbocycles. The van der Waals surface area contributed by atoms with Crippen LogP contribution in [0.2, 0.25) is 0 Å². The molecule has 4 rings (SSSR count). The zero-order chi connectivity index (χ0) is 19.5. The second-order valence-electron chi connectivity index (χ2n) is 7.27. The van der Waals surface area contributed by atoms with Crippen LogP contribution in [-0.2, 0) is 13.0 Å². The molecule has 0 spiro atoms. The summed E-state index contributed by atoms with van der Waals surface area (Å²) in [4.78, 5) is 12.9. The van der Waals surface area contributed by atoms with Gasteiger partial charge in [-0.25, -0.2) is 4.57 Å². The van der Waals surface area contributed by atoms with Crippen molar-refractivity contribution in [2.45, 2.75) is 25.5 Å². The van der Waals surface area contributed by atoms with Crippen LogP contribution >= 0.6 is 0 Å². The summed E-state index contributed by atoms with van der Waals surface area (Å²) in [6.07, 6.45) is 4.52. The van der Waals surface area contributed by atoms with Crippen molar-refractivity contribution in [3.63, 3.8) is 0 Å².